The number of aromatic nitrogens is 3. The van der Waals surface area contributed by atoms with Crippen LogP contribution in [0, 0.1) is 22.7 Å². The molecule has 6 aromatic rings. The maximum absolute atomic E-state index is 13.3. The summed E-state index contributed by atoms with van der Waals surface area (Å²) in [6, 6.07) is 12.6. The third-order valence-corrected chi connectivity index (χ3v) is 6.48. The van der Waals surface area contributed by atoms with E-state index in [0.29, 0.717) is 5.02 Å². The van der Waals surface area contributed by atoms with E-state index in [-0.39, 0.29) is 60.7 Å². The Kier molecular flexibility index (Phi) is 5.17. The first-order valence-electron chi connectivity index (χ1n) is 10.7. The minimum Gasteiger partial charge on any atom is -0.463 e. The van der Waals surface area contributed by atoms with Crippen LogP contribution in [0.4, 0.5) is 0 Å². The van der Waals surface area contributed by atoms with Gasteiger partial charge in [-0.15, -0.1) is 0 Å². The van der Waals surface area contributed by atoms with Crippen LogP contribution in [-0.4, -0.2) is 14.6 Å². The van der Waals surface area contributed by atoms with E-state index in [1.165, 1.54) is 30.3 Å². The van der Waals surface area contributed by atoms with Crippen LogP contribution >= 0.6 is 23.2 Å². The van der Waals surface area contributed by atoms with Crippen molar-refractivity contribution in [2.24, 2.45) is 0 Å². The molecule has 0 saturated heterocycles. The Morgan fingerprint density at radius 1 is 0.816 bits per heavy atom. The predicted molar refractivity (Wildman–Crippen MR) is 138 cm³/mol. The van der Waals surface area contributed by atoms with E-state index in [9.17, 15) is 24.9 Å². The van der Waals surface area contributed by atoms with Gasteiger partial charge in [0, 0.05) is 15.6 Å². The van der Waals surface area contributed by atoms with E-state index in [2.05, 4.69) is 10.1 Å². The number of hydrogen-bond donors (Lipinski definition) is 1. The fourth-order valence-corrected chi connectivity index (χ4v) is 4.60. The van der Waals surface area contributed by atoms with E-state index < -0.39 is 22.0 Å². The molecule has 6 rings (SSSR count). The summed E-state index contributed by atoms with van der Waals surface area (Å²) < 4.78 is 11.9. The Labute approximate surface area is 220 Å². The number of nitriles is 2. The maximum atomic E-state index is 13.3. The highest BCUT2D eigenvalue weighted by Crippen LogP contribution is 2.29. The summed E-state index contributed by atoms with van der Waals surface area (Å²) in [6.45, 7) is 0. The zero-order valence-corrected chi connectivity index (χ0v) is 20.2. The molecule has 0 saturated carbocycles. The molecule has 0 atom stereocenters. The van der Waals surface area contributed by atoms with Crippen molar-refractivity contribution in [1.82, 2.24) is 14.6 Å². The van der Waals surface area contributed by atoms with Gasteiger partial charge >= 0.3 is 0 Å². The van der Waals surface area contributed by atoms with E-state index in [1.54, 1.807) is 12.1 Å². The number of fused-ring (bicyclic) bond motifs is 3. The van der Waals surface area contributed by atoms with Gasteiger partial charge in [-0.05, 0) is 36.4 Å². The first-order valence-corrected chi connectivity index (χ1v) is 11.5. The van der Waals surface area contributed by atoms with E-state index >= 15 is 0 Å². The van der Waals surface area contributed by atoms with Crippen LogP contribution in [0.5, 0.6) is 0 Å². The second-order valence-corrected chi connectivity index (χ2v) is 9.00. The molecule has 0 radical (unpaired) electrons. The first kappa shape index (κ1) is 23.3. The average molecular weight is 542 g/mol. The lowest BCUT2D eigenvalue weighted by molar-refractivity contribution is 0.603. The number of aromatic amines is 1. The standard InChI is InChI=1S/C26H9Cl2N5O5/c27-11-1-3-19-13(5-11)22(34)17(9-37-19)21-15(7-29)25-31-24(32-33(25)26(36)16(21)8-30)18-10-38-20-4-2-12(28)6-14(20)23(18)35/h1-6,9-10H,(H,31,32). The first-order chi connectivity index (χ1) is 18.3. The highest BCUT2D eigenvalue weighted by molar-refractivity contribution is 6.31. The Bertz CT molecular complexity index is 2260. The molecule has 0 aliphatic carbocycles. The number of H-pyrrole nitrogens is 1. The average Bonchev–Trinajstić information content (AvgIpc) is 3.35. The highest BCUT2D eigenvalue weighted by atomic mass is 35.5. The van der Waals surface area contributed by atoms with Crippen molar-refractivity contribution in [3.05, 3.63) is 101 Å². The number of nitrogens with one attached hydrogen (secondary N) is 1. The molecule has 38 heavy (non-hydrogen) atoms. The van der Waals surface area contributed by atoms with Gasteiger partial charge in [-0.25, -0.2) is 4.98 Å². The zero-order valence-electron chi connectivity index (χ0n) is 18.7. The summed E-state index contributed by atoms with van der Waals surface area (Å²) in [5.74, 6) is -0.104. The van der Waals surface area contributed by atoms with Crippen molar-refractivity contribution in [2.45, 2.75) is 0 Å². The molecule has 4 aromatic heterocycles. The molecule has 4 heterocycles. The fourth-order valence-electron chi connectivity index (χ4n) is 4.25. The molecule has 12 heteroatoms. The molecular weight excluding hydrogens is 533 g/mol. The van der Waals surface area contributed by atoms with Gasteiger partial charge in [0.15, 0.2) is 11.5 Å². The molecule has 2 aromatic carbocycles. The summed E-state index contributed by atoms with van der Waals surface area (Å²) in [7, 11) is 0. The molecular formula is C26H9Cl2N5O5. The Balaban J connectivity index is 1.69. The molecule has 0 spiro atoms. The van der Waals surface area contributed by atoms with Gasteiger partial charge in [0.25, 0.3) is 5.56 Å². The van der Waals surface area contributed by atoms with E-state index in [0.717, 1.165) is 17.0 Å². The number of halogens is 2. The summed E-state index contributed by atoms with van der Waals surface area (Å²) in [6.07, 6.45) is 2.22. The molecule has 0 fully saturated rings. The van der Waals surface area contributed by atoms with Crippen LogP contribution in [0.25, 0.3) is 50.1 Å². The normalized spacial score (nSPS) is 11.2. The Morgan fingerprint density at radius 3 is 1.95 bits per heavy atom. The van der Waals surface area contributed by atoms with E-state index in [4.69, 9.17) is 32.0 Å². The molecule has 182 valence electrons. The third-order valence-electron chi connectivity index (χ3n) is 6.01. The van der Waals surface area contributed by atoms with Crippen LogP contribution in [0.2, 0.25) is 10.0 Å². The molecule has 0 unspecified atom stereocenters. The highest BCUT2D eigenvalue weighted by Gasteiger charge is 2.26. The van der Waals surface area contributed by atoms with Gasteiger partial charge in [-0.1, -0.05) is 23.2 Å². The molecule has 0 aliphatic heterocycles. The lowest BCUT2D eigenvalue weighted by Crippen LogP contribution is -2.21. The Morgan fingerprint density at radius 2 is 1.37 bits per heavy atom. The number of nitrogens with zero attached hydrogens (tertiary/aromatic N) is 4. The Hall–Kier alpha value is -5.16. The molecule has 0 bridgehead atoms. The van der Waals surface area contributed by atoms with Crippen molar-refractivity contribution >= 4 is 50.8 Å². The summed E-state index contributed by atoms with van der Waals surface area (Å²) in [5, 5.41) is 23.4. The third kappa shape index (κ3) is 3.33. The second kappa shape index (κ2) is 8.46. The smallest absolute Gasteiger partial charge is 0.289 e. The van der Waals surface area contributed by atoms with Gasteiger partial charge in [-0.2, -0.15) is 15.0 Å². The quantitative estimate of drug-likeness (QED) is 0.332. The lowest BCUT2D eigenvalue weighted by Gasteiger charge is -2.07. The summed E-state index contributed by atoms with van der Waals surface area (Å²) in [5.41, 5.74) is -2.94. The van der Waals surface area contributed by atoms with Crippen molar-refractivity contribution in [1.29, 1.82) is 10.5 Å². The second-order valence-electron chi connectivity index (χ2n) is 8.12. The van der Waals surface area contributed by atoms with Crippen molar-refractivity contribution in [2.75, 3.05) is 0 Å². The number of hydrogen-bond acceptors (Lipinski definition) is 8. The summed E-state index contributed by atoms with van der Waals surface area (Å²) in [4.78, 5) is 44.1. The minimum atomic E-state index is -0.894. The van der Waals surface area contributed by atoms with Gasteiger partial charge in [-0.3, -0.25) is 19.5 Å². The zero-order chi connectivity index (χ0) is 26.7. The molecule has 0 aliphatic rings. The maximum Gasteiger partial charge on any atom is 0.289 e. The lowest BCUT2D eigenvalue weighted by atomic mass is 9.97. The molecule has 1 N–H and O–H groups in total. The van der Waals surface area contributed by atoms with Crippen LogP contribution in [-0.2, 0) is 0 Å². The fraction of sp³-hybridized carbons (Fsp3) is 0. The van der Waals surface area contributed by atoms with Crippen LogP contribution < -0.4 is 16.4 Å². The van der Waals surface area contributed by atoms with Crippen LogP contribution in [0.1, 0.15) is 11.1 Å². The predicted octanol–water partition coefficient (Wildman–Crippen LogP) is 4.62. The van der Waals surface area contributed by atoms with Crippen molar-refractivity contribution in [3.8, 4) is 34.7 Å². The van der Waals surface area contributed by atoms with Crippen LogP contribution in [0.3, 0.4) is 0 Å². The van der Waals surface area contributed by atoms with Gasteiger partial charge < -0.3 is 8.83 Å². The number of pyridine rings is 1. The van der Waals surface area contributed by atoms with Gasteiger partial charge in [0.2, 0.25) is 10.9 Å². The monoisotopic (exact) mass is 541 g/mol. The SMILES string of the molecule is N#Cc1c(-c2coc3ccc(Cl)cc3c2=O)c(C#N)c2nc(-c3coc4ccc(Cl)cc4c3=O)[nH]n2c1=O. The van der Waals surface area contributed by atoms with Crippen LogP contribution in [0.15, 0.2) is 72.1 Å². The van der Waals surface area contributed by atoms with Crippen molar-refractivity contribution < 1.29 is 8.83 Å². The number of rotatable bonds is 2. The van der Waals surface area contributed by atoms with Gasteiger partial charge in [0.05, 0.1) is 16.3 Å². The molecule has 0 amide bonds. The largest absolute Gasteiger partial charge is 0.463 e. The minimum absolute atomic E-state index is 0.0494. The number of benzene rings is 2. The van der Waals surface area contributed by atoms with E-state index in [1.807, 2.05) is 6.07 Å². The van der Waals surface area contributed by atoms with Gasteiger partial charge in [0.1, 0.15) is 52.5 Å². The molecule has 10 nitrogen and oxygen atoms in total. The topological polar surface area (TPSA) is 158 Å². The summed E-state index contributed by atoms with van der Waals surface area (Å²) >= 11 is 12.1. The van der Waals surface area contributed by atoms with Crippen molar-refractivity contribution in [3.63, 3.8) is 0 Å².